The first-order chi connectivity index (χ1) is 12.9. The van der Waals surface area contributed by atoms with Crippen molar-refractivity contribution >= 4 is 41.1 Å². The van der Waals surface area contributed by atoms with Crippen LogP contribution in [0.2, 0.25) is 5.02 Å². The molecule has 0 spiro atoms. The Morgan fingerprint density at radius 3 is 2.41 bits per heavy atom. The van der Waals surface area contributed by atoms with Crippen LogP contribution in [0, 0.1) is 0 Å². The minimum Gasteiger partial charge on any atom is -0.454 e. The number of ether oxygens (including phenoxy) is 1. The van der Waals surface area contributed by atoms with Gasteiger partial charge in [0.2, 0.25) is 0 Å². The summed E-state index contributed by atoms with van der Waals surface area (Å²) in [5.41, 5.74) is 0.285. The first kappa shape index (κ1) is 23.3. The van der Waals surface area contributed by atoms with Gasteiger partial charge in [-0.2, -0.15) is 11.8 Å². The number of hydrogen-bond acceptors (Lipinski definition) is 5. The van der Waals surface area contributed by atoms with Crippen molar-refractivity contribution in [2.75, 3.05) is 18.6 Å². The second-order valence-corrected chi connectivity index (χ2v) is 7.37. The molecule has 1 atom stereocenters. The third-order valence-electron chi connectivity index (χ3n) is 4.02. The third-order valence-corrected chi connectivity index (χ3v) is 4.99. The number of nitrogens with one attached hydrogen (secondary N) is 2. The second kappa shape index (κ2) is 12.6. The van der Waals surface area contributed by atoms with E-state index in [1.54, 1.807) is 36.0 Å². The summed E-state index contributed by atoms with van der Waals surface area (Å²) in [7, 11) is 0. The van der Waals surface area contributed by atoms with Crippen LogP contribution in [0.5, 0.6) is 0 Å². The number of thioether (sulfide) groups is 1. The molecule has 0 radical (unpaired) electrons. The Labute approximate surface area is 169 Å². The molecule has 0 bridgehead atoms. The van der Waals surface area contributed by atoms with Gasteiger partial charge in [-0.3, -0.25) is 9.59 Å². The third kappa shape index (κ3) is 8.22. The van der Waals surface area contributed by atoms with Crippen molar-refractivity contribution in [3.8, 4) is 0 Å². The van der Waals surface area contributed by atoms with E-state index in [4.69, 9.17) is 16.3 Å². The highest BCUT2D eigenvalue weighted by atomic mass is 35.5. The fourth-order valence-electron chi connectivity index (χ4n) is 2.37. The molecular weight excluding hydrogens is 388 g/mol. The van der Waals surface area contributed by atoms with E-state index in [0.29, 0.717) is 17.2 Å². The number of hydrogen-bond donors (Lipinski definition) is 2. The molecule has 8 heteroatoms. The Morgan fingerprint density at radius 2 is 1.81 bits per heavy atom. The lowest BCUT2D eigenvalue weighted by Crippen LogP contribution is -2.44. The smallest absolute Gasteiger partial charge is 0.329 e. The number of carbonyl (C=O) groups excluding carboxylic acids is 3. The predicted molar refractivity (Wildman–Crippen MR) is 109 cm³/mol. The Kier molecular flexibility index (Phi) is 10.9. The molecule has 0 heterocycles. The van der Waals surface area contributed by atoms with Gasteiger partial charge in [-0.1, -0.05) is 37.6 Å². The first-order valence-corrected chi connectivity index (χ1v) is 10.7. The minimum atomic E-state index is -0.845. The molecule has 2 N–H and O–H groups in total. The molecule has 0 aromatic heterocycles. The maximum atomic E-state index is 12.4. The van der Waals surface area contributed by atoms with E-state index >= 15 is 0 Å². The van der Waals surface area contributed by atoms with Gasteiger partial charge in [-0.05, 0) is 43.4 Å². The van der Waals surface area contributed by atoms with E-state index in [1.807, 2.05) is 20.1 Å². The second-order valence-electron chi connectivity index (χ2n) is 5.98. The van der Waals surface area contributed by atoms with E-state index < -0.39 is 17.9 Å². The molecule has 2 amide bonds. The number of carbonyl (C=O) groups is 3. The highest BCUT2D eigenvalue weighted by molar-refractivity contribution is 7.98. The van der Waals surface area contributed by atoms with Crippen LogP contribution >= 0.6 is 23.4 Å². The van der Waals surface area contributed by atoms with Gasteiger partial charge in [0.25, 0.3) is 11.8 Å². The summed E-state index contributed by atoms with van der Waals surface area (Å²) in [6, 6.07) is 5.81. The molecule has 150 valence electrons. The average Bonchev–Trinajstić information content (AvgIpc) is 2.67. The molecule has 1 unspecified atom stereocenters. The molecule has 1 aromatic rings. The Hall–Kier alpha value is -1.73. The Bertz CT molecular complexity index is 638. The number of amides is 2. The summed E-state index contributed by atoms with van der Waals surface area (Å²) in [5.74, 6) is -0.782. The first-order valence-electron chi connectivity index (χ1n) is 8.93. The van der Waals surface area contributed by atoms with Gasteiger partial charge in [0.05, 0.1) is 10.6 Å². The van der Waals surface area contributed by atoms with Crippen molar-refractivity contribution in [1.82, 2.24) is 10.6 Å². The molecule has 1 aromatic carbocycles. The van der Waals surface area contributed by atoms with Crippen molar-refractivity contribution in [1.29, 1.82) is 0 Å². The normalized spacial score (nSPS) is 11.7. The van der Waals surface area contributed by atoms with Crippen molar-refractivity contribution in [3.63, 3.8) is 0 Å². The predicted octanol–water partition coefficient (Wildman–Crippen LogP) is 3.04. The molecule has 1 rings (SSSR count). The zero-order valence-corrected chi connectivity index (χ0v) is 17.5. The van der Waals surface area contributed by atoms with Crippen LogP contribution in [0.25, 0.3) is 0 Å². The van der Waals surface area contributed by atoms with Gasteiger partial charge in [0, 0.05) is 6.04 Å². The highest BCUT2D eigenvalue weighted by Gasteiger charge is 2.24. The number of halogens is 1. The maximum absolute atomic E-state index is 12.4. The molecule has 0 aliphatic carbocycles. The van der Waals surface area contributed by atoms with Crippen LogP contribution in [0.15, 0.2) is 24.3 Å². The molecule has 0 aliphatic rings. The van der Waals surface area contributed by atoms with Crippen LogP contribution < -0.4 is 10.6 Å². The highest BCUT2D eigenvalue weighted by Crippen LogP contribution is 2.15. The Morgan fingerprint density at radius 1 is 1.15 bits per heavy atom. The summed E-state index contributed by atoms with van der Waals surface area (Å²) < 4.78 is 5.11. The van der Waals surface area contributed by atoms with Crippen molar-refractivity contribution in [2.24, 2.45) is 0 Å². The van der Waals surface area contributed by atoms with E-state index in [2.05, 4.69) is 10.6 Å². The van der Waals surface area contributed by atoms with Gasteiger partial charge >= 0.3 is 5.97 Å². The molecule has 6 nitrogen and oxygen atoms in total. The van der Waals surface area contributed by atoms with Crippen molar-refractivity contribution in [3.05, 3.63) is 34.9 Å². The summed E-state index contributed by atoms with van der Waals surface area (Å²) in [4.78, 5) is 36.7. The SMILES string of the molecule is CCC(CC)NC(=O)COC(=O)C(CCSC)NC(=O)c1ccccc1Cl. The minimum absolute atomic E-state index is 0.0587. The topological polar surface area (TPSA) is 84.5 Å². The van der Waals surface area contributed by atoms with Crippen LogP contribution in [0.3, 0.4) is 0 Å². The number of benzene rings is 1. The van der Waals surface area contributed by atoms with E-state index in [9.17, 15) is 14.4 Å². The number of esters is 1. The zero-order chi connectivity index (χ0) is 20.2. The van der Waals surface area contributed by atoms with Gasteiger partial charge in [0.1, 0.15) is 6.04 Å². The van der Waals surface area contributed by atoms with Gasteiger partial charge in [0.15, 0.2) is 6.61 Å². The monoisotopic (exact) mass is 414 g/mol. The number of rotatable bonds is 11. The molecule has 0 aliphatic heterocycles. The summed E-state index contributed by atoms with van der Waals surface area (Å²) in [5, 5.41) is 5.76. The van der Waals surface area contributed by atoms with Crippen LogP contribution in [-0.2, 0) is 14.3 Å². The lowest BCUT2D eigenvalue weighted by molar-refractivity contribution is -0.150. The summed E-state index contributed by atoms with van der Waals surface area (Å²) in [6.07, 6.45) is 3.91. The standard InChI is InChI=1S/C19H27ClN2O4S/c1-4-13(5-2)21-17(23)12-26-19(25)16(10-11-27-3)22-18(24)14-8-6-7-9-15(14)20/h6-9,13,16H,4-5,10-12H2,1-3H3,(H,21,23)(H,22,24). The average molecular weight is 415 g/mol. The fraction of sp³-hybridized carbons (Fsp3) is 0.526. The lowest BCUT2D eigenvalue weighted by Gasteiger charge is -2.19. The van der Waals surface area contributed by atoms with E-state index in [0.717, 1.165) is 12.8 Å². The molecule has 0 fully saturated rings. The van der Waals surface area contributed by atoms with Crippen molar-refractivity contribution < 1.29 is 19.1 Å². The van der Waals surface area contributed by atoms with Crippen LogP contribution in [-0.4, -0.2) is 48.5 Å². The van der Waals surface area contributed by atoms with Gasteiger partial charge in [-0.25, -0.2) is 4.79 Å². The largest absolute Gasteiger partial charge is 0.454 e. The fourth-order valence-corrected chi connectivity index (χ4v) is 3.06. The lowest BCUT2D eigenvalue weighted by atomic mass is 10.1. The Balaban J connectivity index is 2.67. The molecule has 0 saturated heterocycles. The summed E-state index contributed by atoms with van der Waals surface area (Å²) in [6.45, 7) is 3.58. The van der Waals surface area contributed by atoms with Crippen LogP contribution in [0.4, 0.5) is 0 Å². The van der Waals surface area contributed by atoms with Gasteiger partial charge < -0.3 is 15.4 Å². The molecule has 27 heavy (non-hydrogen) atoms. The zero-order valence-electron chi connectivity index (χ0n) is 15.9. The van der Waals surface area contributed by atoms with E-state index in [1.165, 1.54) is 0 Å². The summed E-state index contributed by atoms with van der Waals surface area (Å²) >= 11 is 7.58. The molecular formula is C19H27ClN2O4S. The van der Waals surface area contributed by atoms with Gasteiger partial charge in [-0.15, -0.1) is 0 Å². The molecule has 0 saturated carbocycles. The van der Waals surface area contributed by atoms with Crippen molar-refractivity contribution in [2.45, 2.75) is 45.2 Å². The maximum Gasteiger partial charge on any atom is 0.329 e. The van der Waals surface area contributed by atoms with E-state index in [-0.39, 0.29) is 24.1 Å². The quantitative estimate of drug-likeness (QED) is 0.543. The van der Waals surface area contributed by atoms with Crippen LogP contribution in [0.1, 0.15) is 43.5 Å².